The molecule has 0 radical (unpaired) electrons. The maximum Gasteiger partial charge on any atom is 0.321 e. The van der Waals surface area contributed by atoms with Crippen LogP contribution in [0.1, 0.15) is 0 Å². The first kappa shape index (κ1) is 12.0. The Balaban J connectivity index is 2.65. The Morgan fingerprint density at radius 2 is 1.89 bits per heavy atom. The minimum atomic E-state index is -0.788. The highest BCUT2D eigenvalue weighted by Crippen LogP contribution is 2.09. The molecule has 92 valence electrons. The summed E-state index contributed by atoms with van der Waals surface area (Å²) in [6.45, 7) is 3.74. The second-order valence-electron chi connectivity index (χ2n) is 3.67. The fraction of sp³-hybridized carbons (Fsp3) is 0.0769. The van der Waals surface area contributed by atoms with Gasteiger partial charge in [-0.05, 0) is 12.1 Å². The second kappa shape index (κ2) is 4.83. The Morgan fingerprint density at radius 1 is 1.17 bits per heavy atom. The predicted molar refractivity (Wildman–Crippen MR) is 66.5 cm³/mol. The summed E-state index contributed by atoms with van der Waals surface area (Å²) in [5.41, 5.74) is -1.43. The van der Waals surface area contributed by atoms with E-state index < -0.39 is 16.9 Å². The zero-order chi connectivity index (χ0) is 13.1. The molecule has 2 rings (SSSR count). The first-order valence-electron chi connectivity index (χ1n) is 5.33. The molecule has 0 saturated carbocycles. The number of nitrogens with zero attached hydrogens (tertiary/aromatic N) is 2. The molecule has 4 nitrogen and oxygen atoms in total. The van der Waals surface area contributed by atoms with Crippen LogP contribution in [-0.4, -0.2) is 9.13 Å². The molecule has 0 spiro atoms. The zero-order valence-electron chi connectivity index (χ0n) is 9.54. The number of benzene rings is 1. The van der Waals surface area contributed by atoms with Gasteiger partial charge in [0, 0.05) is 18.9 Å². The lowest BCUT2D eigenvalue weighted by Crippen LogP contribution is -2.40. The van der Waals surface area contributed by atoms with Crippen molar-refractivity contribution < 1.29 is 4.39 Å². The average Bonchev–Trinajstić information content (AvgIpc) is 2.37. The SMILES string of the molecule is C=CCn1ccn(-c2ccccc2F)c(=O)c1=O. The number of rotatable bonds is 3. The highest BCUT2D eigenvalue weighted by atomic mass is 19.1. The molecule has 1 heterocycles. The molecule has 0 fully saturated rings. The van der Waals surface area contributed by atoms with E-state index in [0.717, 1.165) is 4.57 Å². The summed E-state index contributed by atoms with van der Waals surface area (Å²) < 4.78 is 15.8. The number of halogens is 1. The molecule has 5 heteroatoms. The van der Waals surface area contributed by atoms with Crippen LogP contribution in [0, 0.1) is 5.82 Å². The molecule has 0 unspecified atom stereocenters. The van der Waals surface area contributed by atoms with Gasteiger partial charge in [-0.3, -0.25) is 14.2 Å². The lowest BCUT2D eigenvalue weighted by Gasteiger charge is -2.08. The van der Waals surface area contributed by atoms with Gasteiger partial charge in [0.15, 0.2) is 0 Å². The first-order chi connectivity index (χ1) is 8.65. The molecule has 0 aliphatic rings. The van der Waals surface area contributed by atoms with Gasteiger partial charge >= 0.3 is 11.1 Å². The molecular weight excluding hydrogens is 235 g/mol. The summed E-state index contributed by atoms with van der Waals surface area (Å²) in [7, 11) is 0. The fourth-order valence-corrected chi connectivity index (χ4v) is 1.63. The highest BCUT2D eigenvalue weighted by molar-refractivity contribution is 5.33. The van der Waals surface area contributed by atoms with Gasteiger partial charge in [0.1, 0.15) is 5.82 Å². The summed E-state index contributed by atoms with van der Waals surface area (Å²) in [5, 5.41) is 0. The van der Waals surface area contributed by atoms with Crippen LogP contribution >= 0.6 is 0 Å². The third kappa shape index (κ3) is 2.02. The van der Waals surface area contributed by atoms with Crippen LogP contribution in [0.25, 0.3) is 5.69 Å². The molecule has 0 aliphatic heterocycles. The van der Waals surface area contributed by atoms with Crippen LogP contribution in [0.4, 0.5) is 4.39 Å². The number of para-hydroxylation sites is 1. The van der Waals surface area contributed by atoms with E-state index in [2.05, 4.69) is 6.58 Å². The maximum atomic E-state index is 13.6. The molecule has 1 aromatic carbocycles. The van der Waals surface area contributed by atoms with Gasteiger partial charge in [-0.15, -0.1) is 6.58 Å². The zero-order valence-corrected chi connectivity index (χ0v) is 9.54. The van der Waals surface area contributed by atoms with Crippen LogP contribution in [0.2, 0.25) is 0 Å². The number of allylic oxidation sites excluding steroid dienone is 1. The van der Waals surface area contributed by atoms with Crippen molar-refractivity contribution in [1.29, 1.82) is 0 Å². The van der Waals surface area contributed by atoms with Gasteiger partial charge in [0.25, 0.3) is 0 Å². The van der Waals surface area contributed by atoms with Crippen molar-refractivity contribution in [2.75, 3.05) is 0 Å². The Kier molecular flexibility index (Phi) is 3.23. The van der Waals surface area contributed by atoms with Crippen LogP contribution in [0.5, 0.6) is 0 Å². The molecule has 0 N–H and O–H groups in total. The summed E-state index contributed by atoms with van der Waals surface area (Å²) >= 11 is 0. The molecule has 0 aliphatic carbocycles. The van der Waals surface area contributed by atoms with Gasteiger partial charge in [0.2, 0.25) is 0 Å². The van der Waals surface area contributed by atoms with Crippen molar-refractivity contribution in [2.24, 2.45) is 0 Å². The lowest BCUT2D eigenvalue weighted by molar-refractivity contribution is 0.612. The smallest absolute Gasteiger partial charge is 0.306 e. The van der Waals surface area contributed by atoms with E-state index in [1.807, 2.05) is 0 Å². The largest absolute Gasteiger partial charge is 0.321 e. The Labute approximate surface area is 102 Å². The molecule has 1 aromatic heterocycles. The minimum absolute atomic E-state index is 0.0605. The van der Waals surface area contributed by atoms with Crippen LogP contribution in [-0.2, 0) is 6.54 Å². The van der Waals surface area contributed by atoms with E-state index in [1.54, 1.807) is 6.07 Å². The molecule has 0 atom stereocenters. The Hall–Kier alpha value is -2.43. The van der Waals surface area contributed by atoms with Crippen molar-refractivity contribution in [2.45, 2.75) is 6.54 Å². The van der Waals surface area contributed by atoms with Gasteiger partial charge in [0.05, 0.1) is 5.69 Å². The molecule has 18 heavy (non-hydrogen) atoms. The number of aromatic nitrogens is 2. The molecule has 2 aromatic rings. The normalized spacial score (nSPS) is 10.3. The highest BCUT2D eigenvalue weighted by Gasteiger charge is 2.08. The summed E-state index contributed by atoms with van der Waals surface area (Å²) in [6.07, 6.45) is 4.30. The third-order valence-corrected chi connectivity index (χ3v) is 2.50. The van der Waals surface area contributed by atoms with Gasteiger partial charge in [-0.25, -0.2) is 4.39 Å². The van der Waals surface area contributed by atoms with Crippen molar-refractivity contribution in [3.8, 4) is 5.69 Å². The first-order valence-corrected chi connectivity index (χ1v) is 5.33. The van der Waals surface area contributed by atoms with E-state index in [-0.39, 0.29) is 12.2 Å². The van der Waals surface area contributed by atoms with Crippen LogP contribution in [0.3, 0.4) is 0 Å². The van der Waals surface area contributed by atoms with E-state index in [1.165, 1.54) is 41.2 Å². The predicted octanol–water partition coefficient (Wildman–Crippen LogP) is 1.32. The fourth-order valence-electron chi connectivity index (χ4n) is 1.63. The monoisotopic (exact) mass is 246 g/mol. The molecule has 0 bridgehead atoms. The van der Waals surface area contributed by atoms with E-state index in [9.17, 15) is 14.0 Å². The number of hydrogen-bond acceptors (Lipinski definition) is 2. The second-order valence-corrected chi connectivity index (χ2v) is 3.67. The van der Waals surface area contributed by atoms with E-state index in [0.29, 0.717) is 0 Å². The van der Waals surface area contributed by atoms with Crippen molar-refractivity contribution >= 4 is 0 Å². The lowest BCUT2D eigenvalue weighted by atomic mass is 10.3. The standard InChI is InChI=1S/C13H11FN2O2/c1-2-7-15-8-9-16(13(18)12(15)17)11-6-4-3-5-10(11)14/h2-6,8-9H,1,7H2. The van der Waals surface area contributed by atoms with E-state index >= 15 is 0 Å². The van der Waals surface area contributed by atoms with Gasteiger partial charge < -0.3 is 4.57 Å². The molecule has 0 amide bonds. The Morgan fingerprint density at radius 3 is 2.56 bits per heavy atom. The average molecular weight is 246 g/mol. The van der Waals surface area contributed by atoms with Crippen LogP contribution in [0.15, 0.2) is 58.9 Å². The Bertz CT molecular complexity index is 701. The maximum absolute atomic E-state index is 13.6. The quantitative estimate of drug-likeness (QED) is 0.605. The topological polar surface area (TPSA) is 44.0 Å². The van der Waals surface area contributed by atoms with Crippen molar-refractivity contribution in [3.05, 3.63) is 75.8 Å². The van der Waals surface area contributed by atoms with Gasteiger partial charge in [-0.2, -0.15) is 0 Å². The summed E-state index contributed by atoms with van der Waals surface area (Å²) in [4.78, 5) is 23.6. The van der Waals surface area contributed by atoms with Crippen LogP contribution < -0.4 is 11.1 Å². The third-order valence-electron chi connectivity index (χ3n) is 2.50. The molecule has 0 saturated heterocycles. The van der Waals surface area contributed by atoms with Crippen molar-refractivity contribution in [1.82, 2.24) is 9.13 Å². The van der Waals surface area contributed by atoms with E-state index in [4.69, 9.17) is 0 Å². The molecular formula is C13H11FN2O2. The minimum Gasteiger partial charge on any atom is -0.306 e. The summed E-state index contributed by atoms with van der Waals surface area (Å²) in [6, 6.07) is 5.79. The van der Waals surface area contributed by atoms with Crippen molar-refractivity contribution in [3.63, 3.8) is 0 Å². The van der Waals surface area contributed by atoms with Gasteiger partial charge in [-0.1, -0.05) is 18.2 Å². The summed E-state index contributed by atoms with van der Waals surface area (Å²) in [5.74, 6) is -0.555. The number of hydrogen-bond donors (Lipinski definition) is 0.